The number of amides is 1. The third-order valence-corrected chi connectivity index (χ3v) is 6.18. The van der Waals surface area contributed by atoms with Gasteiger partial charge >= 0.3 is 0 Å². The normalized spacial score (nSPS) is 17.4. The van der Waals surface area contributed by atoms with Gasteiger partial charge in [-0.25, -0.2) is 0 Å². The average Bonchev–Trinajstić information content (AvgIpc) is 3.37. The molecule has 0 bridgehead atoms. The fourth-order valence-electron chi connectivity index (χ4n) is 4.33. The molecule has 2 aliphatic heterocycles. The minimum absolute atomic E-state index is 0.265. The molecule has 9 heteroatoms. The lowest BCUT2D eigenvalue weighted by molar-refractivity contribution is -0.131. The zero-order valence-corrected chi connectivity index (χ0v) is 19.9. The Morgan fingerprint density at radius 2 is 1.56 bits per heavy atom. The lowest BCUT2D eigenvalue weighted by atomic mass is 10.1. The van der Waals surface area contributed by atoms with Crippen LogP contribution in [0.1, 0.15) is 18.4 Å². The van der Waals surface area contributed by atoms with E-state index in [2.05, 4.69) is 20.1 Å². The van der Waals surface area contributed by atoms with Crippen molar-refractivity contribution in [3.63, 3.8) is 0 Å². The van der Waals surface area contributed by atoms with Crippen molar-refractivity contribution in [2.75, 3.05) is 80.7 Å². The van der Waals surface area contributed by atoms with Gasteiger partial charge in [-0.15, -0.1) is 0 Å². The van der Waals surface area contributed by atoms with Crippen LogP contribution in [-0.2, 0) is 11.2 Å². The molecule has 0 spiro atoms. The van der Waals surface area contributed by atoms with Crippen LogP contribution < -0.4 is 19.5 Å². The number of hydrogen-bond acceptors (Lipinski definition) is 6. The van der Waals surface area contributed by atoms with Gasteiger partial charge < -0.3 is 29.3 Å². The van der Waals surface area contributed by atoms with Crippen LogP contribution in [0.15, 0.2) is 17.1 Å². The minimum atomic E-state index is 0.265. The van der Waals surface area contributed by atoms with Gasteiger partial charge in [0, 0.05) is 70.6 Å². The molecule has 1 aromatic carbocycles. The monoisotopic (exact) mass is 447 g/mol. The molecule has 2 aliphatic rings. The molecule has 3 rings (SSSR count). The van der Waals surface area contributed by atoms with Crippen molar-refractivity contribution >= 4 is 11.9 Å². The number of benzene rings is 1. The first-order valence-corrected chi connectivity index (χ1v) is 11.3. The number of methoxy groups -OCH3 is 3. The van der Waals surface area contributed by atoms with E-state index in [-0.39, 0.29) is 5.91 Å². The maximum Gasteiger partial charge on any atom is 0.236 e. The highest BCUT2D eigenvalue weighted by Gasteiger charge is 2.24. The summed E-state index contributed by atoms with van der Waals surface area (Å²) in [6, 6.07) is 3.74. The summed E-state index contributed by atoms with van der Waals surface area (Å²) in [5.41, 5.74) is 0.990. The van der Waals surface area contributed by atoms with Crippen molar-refractivity contribution in [3.05, 3.63) is 17.7 Å². The fraction of sp³-hybridized carbons (Fsp3) is 0.652. The third-order valence-electron chi connectivity index (χ3n) is 6.18. The van der Waals surface area contributed by atoms with Gasteiger partial charge in [-0.2, -0.15) is 0 Å². The van der Waals surface area contributed by atoms with Crippen LogP contribution in [-0.4, -0.2) is 107 Å². The minimum Gasteiger partial charge on any atom is -0.496 e. The van der Waals surface area contributed by atoms with Crippen molar-refractivity contribution in [1.29, 1.82) is 0 Å². The molecule has 2 saturated heterocycles. The molecule has 0 aromatic heterocycles. The van der Waals surface area contributed by atoms with Gasteiger partial charge in [0.15, 0.2) is 5.96 Å². The molecule has 1 N–H and O–H groups in total. The second-order valence-corrected chi connectivity index (χ2v) is 8.09. The van der Waals surface area contributed by atoms with E-state index in [1.54, 1.807) is 28.4 Å². The summed E-state index contributed by atoms with van der Waals surface area (Å²) in [4.78, 5) is 23.4. The van der Waals surface area contributed by atoms with Crippen molar-refractivity contribution in [2.24, 2.45) is 4.99 Å². The van der Waals surface area contributed by atoms with E-state index in [1.165, 1.54) is 0 Å². The smallest absolute Gasteiger partial charge is 0.236 e. The predicted molar refractivity (Wildman–Crippen MR) is 125 cm³/mol. The standard InChI is InChI=1S/C23H37N5O4/c1-24-23(25-8-7-19-20(31-3)15-18(30-2)16-21(19)32-4)28-13-11-26(12-14-28)17-22(29)27-9-5-6-10-27/h15-16H,5-14,17H2,1-4H3,(H,24,25). The molecule has 178 valence electrons. The number of piperazine rings is 1. The molecule has 0 radical (unpaired) electrons. The van der Waals surface area contributed by atoms with Crippen LogP contribution in [0.25, 0.3) is 0 Å². The zero-order chi connectivity index (χ0) is 22.9. The number of aliphatic imine (C=N–C) groups is 1. The Kier molecular flexibility index (Phi) is 8.84. The number of likely N-dealkylation sites (tertiary alicyclic amines) is 1. The van der Waals surface area contributed by atoms with Crippen molar-refractivity contribution < 1.29 is 19.0 Å². The summed E-state index contributed by atoms with van der Waals surface area (Å²) < 4.78 is 16.4. The maximum absolute atomic E-state index is 12.4. The first-order valence-electron chi connectivity index (χ1n) is 11.3. The zero-order valence-electron chi connectivity index (χ0n) is 19.9. The van der Waals surface area contributed by atoms with Crippen LogP contribution in [0.2, 0.25) is 0 Å². The van der Waals surface area contributed by atoms with Crippen molar-refractivity contribution in [2.45, 2.75) is 19.3 Å². The molecular formula is C23H37N5O4. The average molecular weight is 448 g/mol. The summed E-state index contributed by atoms with van der Waals surface area (Å²) in [7, 11) is 6.73. The van der Waals surface area contributed by atoms with Crippen LogP contribution in [0.4, 0.5) is 0 Å². The molecule has 0 saturated carbocycles. The van der Waals surface area contributed by atoms with Gasteiger partial charge in [-0.1, -0.05) is 0 Å². The highest BCUT2D eigenvalue weighted by molar-refractivity contribution is 5.80. The molecular weight excluding hydrogens is 410 g/mol. The predicted octanol–water partition coefficient (Wildman–Crippen LogP) is 1.07. The number of carbonyl (C=O) groups excluding carboxylic acids is 1. The van der Waals surface area contributed by atoms with Crippen LogP contribution in [0, 0.1) is 0 Å². The Balaban J connectivity index is 1.49. The summed E-state index contributed by atoms with van der Waals surface area (Å²) in [5, 5.41) is 3.46. The Labute approximate surface area is 191 Å². The highest BCUT2D eigenvalue weighted by atomic mass is 16.5. The van der Waals surface area contributed by atoms with Gasteiger partial charge in [0.05, 0.1) is 27.9 Å². The van der Waals surface area contributed by atoms with Crippen molar-refractivity contribution in [3.8, 4) is 17.2 Å². The van der Waals surface area contributed by atoms with E-state index < -0.39 is 0 Å². The molecule has 1 amide bonds. The topological polar surface area (TPSA) is 78.9 Å². The van der Waals surface area contributed by atoms with Crippen LogP contribution in [0.3, 0.4) is 0 Å². The quantitative estimate of drug-likeness (QED) is 0.472. The van der Waals surface area contributed by atoms with Crippen molar-refractivity contribution in [1.82, 2.24) is 20.0 Å². The summed E-state index contributed by atoms with van der Waals surface area (Å²) >= 11 is 0. The Bertz CT molecular complexity index is 762. The van der Waals surface area contributed by atoms with E-state index in [4.69, 9.17) is 14.2 Å². The van der Waals surface area contributed by atoms with E-state index in [9.17, 15) is 4.79 Å². The van der Waals surface area contributed by atoms with Crippen LogP contribution in [0.5, 0.6) is 17.2 Å². The number of hydrogen-bond donors (Lipinski definition) is 1. The number of carbonyl (C=O) groups is 1. The molecule has 1 aromatic rings. The van der Waals surface area contributed by atoms with Gasteiger partial charge in [0.2, 0.25) is 5.91 Å². The second kappa shape index (κ2) is 11.8. The molecule has 32 heavy (non-hydrogen) atoms. The maximum atomic E-state index is 12.4. The van der Waals surface area contributed by atoms with Gasteiger partial charge in [-0.05, 0) is 19.3 Å². The lowest BCUT2D eigenvalue weighted by Crippen LogP contribution is -2.54. The summed E-state index contributed by atoms with van der Waals surface area (Å²) in [6.07, 6.45) is 2.99. The summed E-state index contributed by atoms with van der Waals surface area (Å²) in [5.74, 6) is 3.33. The Hall–Kier alpha value is -2.68. The Morgan fingerprint density at radius 1 is 0.938 bits per heavy atom. The first kappa shape index (κ1) is 24.0. The molecule has 2 fully saturated rings. The van der Waals surface area contributed by atoms with Crippen LogP contribution >= 0.6 is 0 Å². The Morgan fingerprint density at radius 3 is 2.09 bits per heavy atom. The van der Waals surface area contributed by atoms with E-state index >= 15 is 0 Å². The molecule has 0 atom stereocenters. The first-order chi connectivity index (χ1) is 15.6. The van der Waals surface area contributed by atoms with Gasteiger partial charge in [-0.3, -0.25) is 14.7 Å². The number of rotatable bonds is 8. The third kappa shape index (κ3) is 5.97. The summed E-state index contributed by atoms with van der Waals surface area (Å²) in [6.45, 7) is 6.47. The fourth-order valence-corrected chi connectivity index (χ4v) is 4.33. The number of nitrogens with zero attached hydrogens (tertiary/aromatic N) is 4. The van der Waals surface area contributed by atoms with Gasteiger partial charge in [0.1, 0.15) is 17.2 Å². The largest absolute Gasteiger partial charge is 0.496 e. The van der Waals surface area contributed by atoms with E-state index in [0.717, 1.165) is 81.6 Å². The lowest BCUT2D eigenvalue weighted by Gasteiger charge is -2.36. The molecule has 0 unspecified atom stereocenters. The molecule has 2 heterocycles. The number of nitrogens with one attached hydrogen (secondary N) is 1. The highest BCUT2D eigenvalue weighted by Crippen LogP contribution is 2.34. The van der Waals surface area contributed by atoms with Gasteiger partial charge in [0.25, 0.3) is 0 Å². The SMILES string of the molecule is CN=C(NCCc1c(OC)cc(OC)cc1OC)N1CCN(CC(=O)N2CCCC2)CC1. The number of ether oxygens (including phenoxy) is 3. The second-order valence-electron chi connectivity index (χ2n) is 8.09. The number of guanidine groups is 1. The molecule has 0 aliphatic carbocycles. The van der Waals surface area contributed by atoms with E-state index in [1.807, 2.05) is 17.0 Å². The van der Waals surface area contributed by atoms with E-state index in [0.29, 0.717) is 18.8 Å². The molecule has 9 nitrogen and oxygen atoms in total.